The molecule has 0 bridgehead atoms. The zero-order chi connectivity index (χ0) is 16.4. The number of pyridine rings is 1. The van der Waals surface area contributed by atoms with Gasteiger partial charge in [0.15, 0.2) is 5.65 Å². The lowest BCUT2D eigenvalue weighted by Crippen LogP contribution is -2.38. The molecule has 0 unspecified atom stereocenters. The van der Waals surface area contributed by atoms with Gasteiger partial charge in [-0.1, -0.05) is 0 Å². The van der Waals surface area contributed by atoms with E-state index in [2.05, 4.69) is 20.0 Å². The number of ether oxygens (including phenoxy) is 1. The third kappa shape index (κ3) is 2.86. The molecular weight excluding hydrogens is 304 g/mol. The van der Waals surface area contributed by atoms with Crippen molar-refractivity contribution in [3.8, 4) is 11.9 Å². The lowest BCUT2D eigenvalue weighted by atomic mass is 10.1. The first-order chi connectivity index (χ1) is 11.8. The lowest BCUT2D eigenvalue weighted by Gasteiger charge is -2.33. The second kappa shape index (κ2) is 6.16. The molecule has 0 aliphatic carbocycles. The van der Waals surface area contributed by atoms with Crippen LogP contribution >= 0.6 is 0 Å². The molecule has 1 aliphatic rings. The molecule has 0 spiro atoms. The van der Waals surface area contributed by atoms with Gasteiger partial charge in [0.05, 0.1) is 18.1 Å². The van der Waals surface area contributed by atoms with Crippen LogP contribution in [-0.2, 0) is 0 Å². The Hall–Kier alpha value is -3.14. The van der Waals surface area contributed by atoms with Crippen LogP contribution in [0.3, 0.4) is 0 Å². The van der Waals surface area contributed by atoms with Gasteiger partial charge in [-0.05, 0) is 12.1 Å². The van der Waals surface area contributed by atoms with Crippen molar-refractivity contribution in [2.45, 2.75) is 18.9 Å². The van der Waals surface area contributed by atoms with Gasteiger partial charge in [0.1, 0.15) is 17.9 Å². The zero-order valence-corrected chi connectivity index (χ0v) is 13.0. The monoisotopic (exact) mass is 320 g/mol. The van der Waals surface area contributed by atoms with Gasteiger partial charge in [0.2, 0.25) is 5.88 Å². The molecule has 0 aromatic carbocycles. The smallest absolute Gasteiger partial charge is 0.217 e. The Morgan fingerprint density at radius 2 is 2.04 bits per heavy atom. The van der Waals surface area contributed by atoms with E-state index in [0.717, 1.165) is 37.3 Å². The van der Waals surface area contributed by atoms with E-state index in [9.17, 15) is 0 Å². The maximum absolute atomic E-state index is 8.81. The number of aromatic nitrogens is 4. The third-order valence-corrected chi connectivity index (χ3v) is 4.19. The summed E-state index contributed by atoms with van der Waals surface area (Å²) in [6.07, 6.45) is 7.34. The van der Waals surface area contributed by atoms with Crippen molar-refractivity contribution in [2.75, 3.05) is 18.0 Å². The minimum atomic E-state index is 0.158. The summed E-state index contributed by atoms with van der Waals surface area (Å²) in [4.78, 5) is 10.8. The van der Waals surface area contributed by atoms with E-state index < -0.39 is 0 Å². The summed E-state index contributed by atoms with van der Waals surface area (Å²) in [5, 5.41) is 12.9. The second-order valence-electron chi connectivity index (χ2n) is 5.72. The van der Waals surface area contributed by atoms with E-state index in [0.29, 0.717) is 11.6 Å². The average molecular weight is 320 g/mol. The highest BCUT2D eigenvalue weighted by atomic mass is 16.5. The van der Waals surface area contributed by atoms with Gasteiger partial charge in [-0.25, -0.2) is 9.50 Å². The van der Waals surface area contributed by atoms with Crippen molar-refractivity contribution in [2.24, 2.45) is 0 Å². The summed E-state index contributed by atoms with van der Waals surface area (Å²) in [5.41, 5.74) is 2.28. The highest BCUT2D eigenvalue weighted by Crippen LogP contribution is 2.22. The zero-order valence-electron chi connectivity index (χ0n) is 13.0. The van der Waals surface area contributed by atoms with E-state index in [-0.39, 0.29) is 6.10 Å². The van der Waals surface area contributed by atoms with Gasteiger partial charge >= 0.3 is 0 Å². The van der Waals surface area contributed by atoms with E-state index in [4.69, 9.17) is 10.00 Å². The van der Waals surface area contributed by atoms with Crippen molar-refractivity contribution < 1.29 is 4.74 Å². The van der Waals surface area contributed by atoms with Crippen LogP contribution < -0.4 is 9.64 Å². The SMILES string of the molecule is N#Cc1ccc(N2CCC(Oc3ccn4nccc4n3)CC2)cn1. The second-order valence-corrected chi connectivity index (χ2v) is 5.72. The molecule has 24 heavy (non-hydrogen) atoms. The van der Waals surface area contributed by atoms with Crippen molar-refractivity contribution in [1.82, 2.24) is 19.6 Å². The Kier molecular flexibility index (Phi) is 3.71. The molecule has 3 aromatic heterocycles. The fraction of sp³-hybridized carbons (Fsp3) is 0.294. The summed E-state index contributed by atoms with van der Waals surface area (Å²) < 4.78 is 7.73. The van der Waals surface area contributed by atoms with Crippen molar-refractivity contribution in [3.63, 3.8) is 0 Å². The fourth-order valence-electron chi connectivity index (χ4n) is 2.90. The van der Waals surface area contributed by atoms with Crippen LogP contribution in [0.15, 0.2) is 42.9 Å². The summed E-state index contributed by atoms with van der Waals surface area (Å²) in [7, 11) is 0. The molecule has 0 amide bonds. The van der Waals surface area contributed by atoms with E-state index in [1.165, 1.54) is 0 Å². The maximum Gasteiger partial charge on any atom is 0.217 e. The van der Waals surface area contributed by atoms with Crippen LogP contribution in [0.5, 0.6) is 5.88 Å². The molecule has 1 fully saturated rings. The first-order valence-corrected chi connectivity index (χ1v) is 7.90. The van der Waals surface area contributed by atoms with Crippen LogP contribution in [-0.4, -0.2) is 38.8 Å². The maximum atomic E-state index is 8.81. The molecule has 1 saturated heterocycles. The lowest BCUT2D eigenvalue weighted by molar-refractivity contribution is 0.164. The average Bonchev–Trinajstić information content (AvgIpc) is 3.10. The molecule has 7 nitrogen and oxygen atoms in total. The van der Waals surface area contributed by atoms with E-state index in [1.54, 1.807) is 23.0 Å². The quantitative estimate of drug-likeness (QED) is 0.735. The van der Waals surface area contributed by atoms with Crippen LogP contribution in [0.25, 0.3) is 5.65 Å². The molecule has 1 aliphatic heterocycles. The number of hydrogen-bond donors (Lipinski definition) is 0. The predicted octanol–water partition coefficient (Wildman–Crippen LogP) is 2.04. The van der Waals surface area contributed by atoms with Gasteiger partial charge in [0, 0.05) is 44.3 Å². The number of nitrogens with zero attached hydrogens (tertiary/aromatic N) is 6. The Labute approximate surface area is 139 Å². The minimum absolute atomic E-state index is 0.158. The molecular formula is C17H16N6O. The van der Waals surface area contributed by atoms with Crippen LogP contribution in [0.4, 0.5) is 5.69 Å². The third-order valence-electron chi connectivity index (χ3n) is 4.19. The van der Waals surface area contributed by atoms with Crippen molar-refractivity contribution >= 4 is 11.3 Å². The fourth-order valence-corrected chi connectivity index (χ4v) is 2.90. The molecule has 4 heterocycles. The Bertz CT molecular complexity index is 874. The Balaban J connectivity index is 1.37. The molecule has 0 radical (unpaired) electrons. The largest absolute Gasteiger partial charge is 0.474 e. The van der Waals surface area contributed by atoms with Gasteiger partial charge < -0.3 is 9.64 Å². The summed E-state index contributed by atoms with van der Waals surface area (Å²) in [6, 6.07) is 9.44. The topological polar surface area (TPSA) is 79.3 Å². The number of nitriles is 1. The predicted molar refractivity (Wildman–Crippen MR) is 87.8 cm³/mol. The highest BCUT2D eigenvalue weighted by molar-refractivity contribution is 5.46. The first kappa shape index (κ1) is 14.5. The number of piperidine rings is 1. The van der Waals surface area contributed by atoms with Crippen LogP contribution in [0.1, 0.15) is 18.5 Å². The van der Waals surface area contributed by atoms with Gasteiger partial charge in [-0.2, -0.15) is 15.3 Å². The molecule has 0 atom stereocenters. The molecule has 0 saturated carbocycles. The van der Waals surface area contributed by atoms with Gasteiger partial charge in [0.25, 0.3) is 0 Å². The summed E-state index contributed by atoms with van der Waals surface area (Å²) >= 11 is 0. The van der Waals surface area contributed by atoms with Crippen molar-refractivity contribution in [1.29, 1.82) is 5.26 Å². The number of anilines is 1. The highest BCUT2D eigenvalue weighted by Gasteiger charge is 2.21. The number of fused-ring (bicyclic) bond motifs is 1. The minimum Gasteiger partial charge on any atom is -0.474 e. The standard InChI is InChI=1S/C17H16N6O/c18-11-13-1-2-14(12-19-13)22-8-4-15(5-9-22)24-17-6-10-23-16(21-17)3-7-20-23/h1-3,6-7,10,12,15H,4-5,8-9H2. The number of hydrogen-bond acceptors (Lipinski definition) is 6. The van der Waals surface area contributed by atoms with Crippen molar-refractivity contribution in [3.05, 3.63) is 48.5 Å². The molecule has 0 N–H and O–H groups in total. The molecule has 3 aromatic rings. The Morgan fingerprint density at radius 1 is 1.17 bits per heavy atom. The van der Waals surface area contributed by atoms with E-state index >= 15 is 0 Å². The van der Waals surface area contributed by atoms with Crippen LogP contribution in [0.2, 0.25) is 0 Å². The van der Waals surface area contributed by atoms with E-state index in [1.807, 2.05) is 30.5 Å². The Morgan fingerprint density at radius 3 is 2.79 bits per heavy atom. The summed E-state index contributed by atoms with van der Waals surface area (Å²) in [6.45, 7) is 1.79. The van der Waals surface area contributed by atoms with Gasteiger partial charge in [-0.15, -0.1) is 0 Å². The summed E-state index contributed by atoms with van der Waals surface area (Å²) in [5.74, 6) is 0.640. The number of rotatable bonds is 3. The normalized spacial score (nSPS) is 15.4. The molecule has 7 heteroatoms. The van der Waals surface area contributed by atoms with Gasteiger partial charge in [-0.3, -0.25) is 0 Å². The molecule has 4 rings (SSSR count). The molecule has 120 valence electrons. The van der Waals surface area contributed by atoms with Crippen LogP contribution in [0, 0.1) is 11.3 Å². The first-order valence-electron chi connectivity index (χ1n) is 7.90.